The maximum Gasteiger partial charge on any atom is 0.249 e. The van der Waals surface area contributed by atoms with Crippen molar-refractivity contribution in [3.8, 4) is 11.5 Å². The van der Waals surface area contributed by atoms with Crippen molar-refractivity contribution in [1.29, 1.82) is 0 Å². The van der Waals surface area contributed by atoms with Crippen LogP contribution in [0, 0.1) is 0 Å². The van der Waals surface area contributed by atoms with Gasteiger partial charge < -0.3 is 14.4 Å². The van der Waals surface area contributed by atoms with Gasteiger partial charge in [-0.3, -0.25) is 9.69 Å². The number of carbonyl (C=O) groups excluding carboxylic acids is 1. The highest BCUT2D eigenvalue weighted by Crippen LogP contribution is 2.33. The molecule has 1 amide bonds. The number of methoxy groups -OCH3 is 2. The van der Waals surface area contributed by atoms with Crippen molar-refractivity contribution in [3.63, 3.8) is 0 Å². The van der Waals surface area contributed by atoms with E-state index in [1.807, 2.05) is 53.6 Å². The zero-order valence-corrected chi connectivity index (χ0v) is 17.1. The molecule has 6 heteroatoms. The van der Waals surface area contributed by atoms with E-state index >= 15 is 0 Å². The van der Waals surface area contributed by atoms with E-state index in [9.17, 15) is 4.79 Å². The van der Waals surface area contributed by atoms with Gasteiger partial charge in [-0.15, -0.1) is 11.3 Å². The van der Waals surface area contributed by atoms with E-state index in [-0.39, 0.29) is 11.9 Å². The number of amides is 1. The SMILES string of the molecule is COc1ccc(C2CN(C(=O)/C(C)=C/c3cccs3)CCN2C)cc1OC. The summed E-state index contributed by atoms with van der Waals surface area (Å²) in [5.41, 5.74) is 1.89. The molecule has 1 aliphatic rings. The van der Waals surface area contributed by atoms with Crippen molar-refractivity contribution < 1.29 is 14.3 Å². The molecule has 0 spiro atoms. The minimum atomic E-state index is 0.0991. The molecule has 27 heavy (non-hydrogen) atoms. The van der Waals surface area contributed by atoms with E-state index < -0.39 is 0 Å². The molecular formula is C21H26N2O3S. The molecule has 2 heterocycles. The average Bonchev–Trinajstić information content (AvgIpc) is 3.20. The quantitative estimate of drug-likeness (QED) is 0.735. The largest absolute Gasteiger partial charge is 0.493 e. The first-order chi connectivity index (χ1) is 13.0. The number of hydrogen-bond acceptors (Lipinski definition) is 5. The second kappa shape index (κ2) is 8.59. The lowest BCUT2D eigenvalue weighted by Crippen LogP contribution is -2.49. The maximum atomic E-state index is 12.9. The summed E-state index contributed by atoms with van der Waals surface area (Å²) in [5, 5.41) is 2.02. The van der Waals surface area contributed by atoms with Crippen LogP contribution in [-0.2, 0) is 4.79 Å². The molecule has 1 aromatic carbocycles. The molecule has 1 fully saturated rings. The zero-order chi connectivity index (χ0) is 19.4. The van der Waals surface area contributed by atoms with Crippen LogP contribution < -0.4 is 9.47 Å². The number of likely N-dealkylation sites (N-methyl/N-ethyl adjacent to an activating group) is 1. The van der Waals surface area contributed by atoms with Crippen molar-refractivity contribution >= 4 is 23.3 Å². The smallest absolute Gasteiger partial charge is 0.249 e. The molecular weight excluding hydrogens is 360 g/mol. The normalized spacial score (nSPS) is 18.4. The van der Waals surface area contributed by atoms with Crippen LogP contribution in [0.15, 0.2) is 41.3 Å². The topological polar surface area (TPSA) is 42.0 Å². The number of hydrogen-bond donors (Lipinski definition) is 0. The second-order valence-electron chi connectivity index (χ2n) is 6.70. The molecule has 1 aromatic heterocycles. The highest BCUT2D eigenvalue weighted by molar-refractivity contribution is 7.10. The van der Waals surface area contributed by atoms with Gasteiger partial charge in [0.1, 0.15) is 0 Å². The first-order valence-electron chi connectivity index (χ1n) is 8.96. The van der Waals surface area contributed by atoms with Gasteiger partial charge >= 0.3 is 0 Å². The van der Waals surface area contributed by atoms with Crippen LogP contribution in [0.3, 0.4) is 0 Å². The first kappa shape index (κ1) is 19.5. The molecule has 0 radical (unpaired) electrons. The van der Waals surface area contributed by atoms with Gasteiger partial charge in [-0.1, -0.05) is 12.1 Å². The fourth-order valence-corrected chi connectivity index (χ4v) is 4.09. The van der Waals surface area contributed by atoms with Gasteiger partial charge in [-0.2, -0.15) is 0 Å². The van der Waals surface area contributed by atoms with E-state index in [0.29, 0.717) is 18.0 Å². The second-order valence-corrected chi connectivity index (χ2v) is 7.68. The summed E-state index contributed by atoms with van der Waals surface area (Å²) >= 11 is 1.64. The highest BCUT2D eigenvalue weighted by Gasteiger charge is 2.29. The lowest BCUT2D eigenvalue weighted by Gasteiger charge is -2.40. The molecule has 2 aromatic rings. The molecule has 0 aliphatic carbocycles. The summed E-state index contributed by atoms with van der Waals surface area (Å²) in [6, 6.07) is 10.1. The molecule has 0 bridgehead atoms. The van der Waals surface area contributed by atoms with Crippen molar-refractivity contribution in [2.24, 2.45) is 0 Å². The summed E-state index contributed by atoms with van der Waals surface area (Å²) in [6.07, 6.45) is 1.97. The zero-order valence-electron chi connectivity index (χ0n) is 16.3. The van der Waals surface area contributed by atoms with E-state index in [1.54, 1.807) is 25.6 Å². The maximum absolute atomic E-state index is 12.9. The van der Waals surface area contributed by atoms with Crippen molar-refractivity contribution in [2.45, 2.75) is 13.0 Å². The van der Waals surface area contributed by atoms with Crippen LogP contribution in [0.4, 0.5) is 0 Å². The van der Waals surface area contributed by atoms with Gasteiger partial charge in [-0.05, 0) is 49.2 Å². The van der Waals surface area contributed by atoms with Gasteiger partial charge in [0.15, 0.2) is 11.5 Å². The van der Waals surface area contributed by atoms with Gasteiger partial charge in [0.2, 0.25) is 5.91 Å². The molecule has 0 saturated carbocycles. The Bertz CT molecular complexity index is 817. The number of benzene rings is 1. The Morgan fingerprint density at radius 1 is 1.19 bits per heavy atom. The Hall–Kier alpha value is -2.31. The standard InChI is InChI=1S/C21H26N2O3S/c1-15(12-17-6-5-11-27-17)21(24)23-10-9-22(2)18(14-23)16-7-8-19(25-3)20(13-16)26-4/h5-8,11-13,18H,9-10,14H2,1-4H3/b15-12+. The molecule has 0 N–H and O–H groups in total. The third-order valence-corrected chi connectivity index (χ3v) is 5.79. The highest BCUT2D eigenvalue weighted by atomic mass is 32.1. The van der Waals surface area contributed by atoms with E-state index in [2.05, 4.69) is 11.9 Å². The number of carbonyl (C=O) groups is 1. The Morgan fingerprint density at radius 2 is 1.96 bits per heavy atom. The number of rotatable bonds is 5. The van der Waals surface area contributed by atoms with Crippen LogP contribution in [-0.4, -0.2) is 56.6 Å². The van der Waals surface area contributed by atoms with Crippen molar-refractivity contribution in [2.75, 3.05) is 40.9 Å². The Kier molecular flexibility index (Phi) is 6.19. The molecule has 1 atom stereocenters. The average molecular weight is 387 g/mol. The monoisotopic (exact) mass is 386 g/mol. The van der Waals surface area contributed by atoms with Gasteiger partial charge in [0.05, 0.1) is 20.3 Å². The van der Waals surface area contributed by atoms with Crippen LogP contribution in [0.2, 0.25) is 0 Å². The number of thiophene rings is 1. The molecule has 5 nitrogen and oxygen atoms in total. The third kappa shape index (κ3) is 4.34. The minimum absolute atomic E-state index is 0.0991. The minimum Gasteiger partial charge on any atom is -0.493 e. The Balaban J connectivity index is 1.79. The lowest BCUT2D eigenvalue weighted by atomic mass is 10.0. The summed E-state index contributed by atoms with van der Waals surface area (Å²) in [7, 11) is 5.37. The van der Waals surface area contributed by atoms with Gasteiger partial charge in [0, 0.05) is 30.1 Å². The fraction of sp³-hybridized carbons (Fsp3) is 0.381. The molecule has 3 rings (SSSR count). The molecule has 1 unspecified atom stereocenters. The predicted octanol–water partition coefficient (Wildman–Crippen LogP) is 3.68. The van der Waals surface area contributed by atoms with Crippen LogP contribution in [0.25, 0.3) is 6.08 Å². The molecule has 144 valence electrons. The summed E-state index contributed by atoms with van der Waals surface area (Å²) < 4.78 is 10.8. The van der Waals surface area contributed by atoms with Crippen LogP contribution >= 0.6 is 11.3 Å². The summed E-state index contributed by atoms with van der Waals surface area (Å²) in [4.78, 5) is 18.3. The predicted molar refractivity (Wildman–Crippen MR) is 109 cm³/mol. The third-order valence-electron chi connectivity index (χ3n) is 4.97. The summed E-state index contributed by atoms with van der Waals surface area (Å²) in [5.74, 6) is 1.52. The van der Waals surface area contributed by atoms with Gasteiger partial charge in [-0.25, -0.2) is 0 Å². The van der Waals surface area contributed by atoms with E-state index in [0.717, 1.165) is 29.1 Å². The van der Waals surface area contributed by atoms with E-state index in [4.69, 9.17) is 9.47 Å². The number of nitrogens with zero attached hydrogens (tertiary/aromatic N) is 2. The molecule has 1 aliphatic heterocycles. The van der Waals surface area contributed by atoms with E-state index in [1.165, 1.54) is 0 Å². The number of ether oxygens (including phenoxy) is 2. The summed E-state index contributed by atoms with van der Waals surface area (Å²) in [6.45, 7) is 4.11. The lowest BCUT2D eigenvalue weighted by molar-refractivity contribution is -0.129. The first-order valence-corrected chi connectivity index (χ1v) is 9.84. The van der Waals surface area contributed by atoms with Crippen molar-refractivity contribution in [1.82, 2.24) is 9.80 Å². The Labute approximate surface area is 164 Å². The Morgan fingerprint density at radius 3 is 2.63 bits per heavy atom. The van der Waals surface area contributed by atoms with Crippen molar-refractivity contribution in [3.05, 3.63) is 51.7 Å². The molecule has 1 saturated heterocycles. The van der Waals surface area contributed by atoms with Crippen LogP contribution in [0.1, 0.15) is 23.4 Å². The van der Waals surface area contributed by atoms with Crippen LogP contribution in [0.5, 0.6) is 11.5 Å². The fourth-order valence-electron chi connectivity index (χ4n) is 3.38. The van der Waals surface area contributed by atoms with Gasteiger partial charge in [0.25, 0.3) is 0 Å². The number of piperazine rings is 1.